The molecule has 0 unspecified atom stereocenters. The number of benzene rings is 1. The van der Waals surface area contributed by atoms with Crippen molar-refractivity contribution < 1.29 is 23.5 Å². The Morgan fingerprint density at radius 1 is 1.39 bits per heavy atom. The van der Waals surface area contributed by atoms with Crippen LogP contribution in [0.1, 0.15) is 24.8 Å². The van der Waals surface area contributed by atoms with Crippen molar-refractivity contribution in [3.63, 3.8) is 0 Å². The number of amides is 1. The van der Waals surface area contributed by atoms with Gasteiger partial charge in [-0.3, -0.25) is 9.59 Å². The molecule has 1 N–H and O–H groups in total. The maximum Gasteiger partial charge on any atom is 0.311 e. The molecule has 2 rings (SSSR count). The molecule has 6 heteroatoms. The molecule has 0 aromatic heterocycles. The molecule has 0 bridgehead atoms. The first-order valence-electron chi connectivity index (χ1n) is 7.44. The fourth-order valence-electron chi connectivity index (χ4n) is 2.99. The number of carbonyl (C=O) groups excluding carboxylic acids is 1. The fourth-order valence-corrected chi connectivity index (χ4v) is 2.99. The molecule has 124 valence electrons. The predicted octanol–water partition coefficient (Wildman–Crippen LogP) is 2.78. The van der Waals surface area contributed by atoms with Crippen LogP contribution in [0.15, 0.2) is 30.9 Å². The van der Waals surface area contributed by atoms with Crippen molar-refractivity contribution in [1.29, 1.82) is 0 Å². The normalized spacial score (nSPS) is 21.0. The molecule has 1 aromatic rings. The van der Waals surface area contributed by atoms with Crippen LogP contribution < -0.4 is 0 Å². The van der Waals surface area contributed by atoms with E-state index in [1.165, 1.54) is 11.0 Å². The van der Waals surface area contributed by atoms with Gasteiger partial charge in [-0.1, -0.05) is 12.1 Å². The van der Waals surface area contributed by atoms with Gasteiger partial charge in [0.05, 0.1) is 11.8 Å². The summed E-state index contributed by atoms with van der Waals surface area (Å²) in [5.74, 6) is -2.79. The van der Waals surface area contributed by atoms with E-state index in [-0.39, 0.29) is 30.9 Å². The largest absolute Gasteiger partial charge is 0.481 e. The van der Waals surface area contributed by atoms with E-state index < -0.39 is 23.0 Å². The first-order valence-corrected chi connectivity index (χ1v) is 7.44. The summed E-state index contributed by atoms with van der Waals surface area (Å²) < 4.78 is 26.6. The standard InChI is InChI=1S/C17H19F2NO3/c1-2-6-17(16(22)23)7-3-8-20(11-17)15(21)9-12-4-5-13(18)10-14(12)19/h2,4-5,10H,1,3,6-9,11H2,(H,22,23)/t17-/m1/s1. The summed E-state index contributed by atoms with van der Waals surface area (Å²) in [4.78, 5) is 25.4. The zero-order valence-corrected chi connectivity index (χ0v) is 12.7. The molecule has 1 fully saturated rings. The van der Waals surface area contributed by atoms with Crippen LogP contribution >= 0.6 is 0 Å². The number of nitrogens with zero attached hydrogens (tertiary/aromatic N) is 1. The molecule has 0 aliphatic carbocycles. The van der Waals surface area contributed by atoms with Gasteiger partial charge in [0.15, 0.2) is 0 Å². The number of aliphatic carboxylic acids is 1. The highest BCUT2D eigenvalue weighted by molar-refractivity contribution is 5.81. The predicted molar refractivity (Wildman–Crippen MR) is 80.8 cm³/mol. The third-order valence-corrected chi connectivity index (χ3v) is 4.28. The lowest BCUT2D eigenvalue weighted by atomic mass is 9.77. The average molecular weight is 323 g/mol. The number of hydrogen-bond donors (Lipinski definition) is 1. The fraction of sp³-hybridized carbons (Fsp3) is 0.412. The van der Waals surface area contributed by atoms with Gasteiger partial charge in [0.2, 0.25) is 5.91 Å². The van der Waals surface area contributed by atoms with Crippen LogP contribution in [0, 0.1) is 17.0 Å². The highest BCUT2D eigenvalue weighted by atomic mass is 19.1. The molecule has 1 aliphatic rings. The molecule has 1 aliphatic heterocycles. The molecule has 1 amide bonds. The van der Waals surface area contributed by atoms with E-state index in [0.717, 1.165) is 12.1 Å². The van der Waals surface area contributed by atoms with E-state index in [4.69, 9.17) is 0 Å². The zero-order chi connectivity index (χ0) is 17.0. The summed E-state index contributed by atoms with van der Waals surface area (Å²) in [6, 6.07) is 3.07. The number of carboxylic acid groups (broad SMARTS) is 1. The number of carbonyl (C=O) groups is 2. The van der Waals surface area contributed by atoms with Crippen molar-refractivity contribution in [3.05, 3.63) is 48.1 Å². The van der Waals surface area contributed by atoms with Crippen LogP contribution in [-0.4, -0.2) is 35.0 Å². The minimum absolute atomic E-state index is 0.0794. The first-order chi connectivity index (χ1) is 10.9. The van der Waals surface area contributed by atoms with Gasteiger partial charge in [-0.25, -0.2) is 8.78 Å². The number of hydrogen-bond acceptors (Lipinski definition) is 2. The van der Waals surface area contributed by atoms with Crippen molar-refractivity contribution in [2.45, 2.75) is 25.7 Å². The SMILES string of the molecule is C=CC[C@@]1(C(=O)O)CCCN(C(=O)Cc2ccc(F)cc2F)C1. The second-order valence-electron chi connectivity index (χ2n) is 5.91. The summed E-state index contributed by atoms with van der Waals surface area (Å²) in [6.07, 6.45) is 2.65. The Morgan fingerprint density at radius 3 is 2.74 bits per heavy atom. The number of likely N-dealkylation sites (tertiary alicyclic amines) is 1. The van der Waals surface area contributed by atoms with Crippen LogP contribution in [-0.2, 0) is 16.0 Å². The third kappa shape index (κ3) is 3.75. The number of piperidine rings is 1. The molecule has 1 aromatic carbocycles. The van der Waals surface area contributed by atoms with Gasteiger partial charge in [0.1, 0.15) is 11.6 Å². The van der Waals surface area contributed by atoms with Crippen LogP contribution in [0.25, 0.3) is 0 Å². The lowest BCUT2D eigenvalue weighted by Crippen LogP contribution is -2.50. The van der Waals surface area contributed by atoms with Crippen molar-refractivity contribution >= 4 is 11.9 Å². The molecule has 1 atom stereocenters. The van der Waals surface area contributed by atoms with E-state index >= 15 is 0 Å². The Kier molecular flexibility index (Phi) is 5.13. The second-order valence-corrected chi connectivity index (χ2v) is 5.91. The van der Waals surface area contributed by atoms with Gasteiger partial charge in [-0.2, -0.15) is 0 Å². The van der Waals surface area contributed by atoms with Crippen molar-refractivity contribution in [3.8, 4) is 0 Å². The molecule has 0 saturated carbocycles. The Bertz CT molecular complexity index is 632. The number of carboxylic acids is 1. The molecule has 1 saturated heterocycles. The van der Waals surface area contributed by atoms with E-state index in [1.807, 2.05) is 0 Å². The highest BCUT2D eigenvalue weighted by Crippen LogP contribution is 2.34. The lowest BCUT2D eigenvalue weighted by molar-refractivity contribution is -0.154. The Morgan fingerprint density at radius 2 is 2.13 bits per heavy atom. The molecule has 1 heterocycles. The van der Waals surface area contributed by atoms with Gasteiger partial charge < -0.3 is 10.0 Å². The van der Waals surface area contributed by atoms with E-state index in [9.17, 15) is 23.5 Å². The molecular weight excluding hydrogens is 304 g/mol. The molecule has 23 heavy (non-hydrogen) atoms. The van der Waals surface area contributed by atoms with E-state index in [0.29, 0.717) is 19.4 Å². The van der Waals surface area contributed by atoms with Gasteiger partial charge >= 0.3 is 5.97 Å². The molecule has 0 spiro atoms. The topological polar surface area (TPSA) is 57.6 Å². The maximum atomic E-state index is 13.7. The smallest absolute Gasteiger partial charge is 0.311 e. The molecular formula is C17H19F2NO3. The Labute approximate surface area is 133 Å². The van der Waals surface area contributed by atoms with Crippen molar-refractivity contribution in [2.75, 3.05) is 13.1 Å². The minimum atomic E-state index is -1.03. The van der Waals surface area contributed by atoms with Crippen molar-refractivity contribution in [2.24, 2.45) is 5.41 Å². The lowest BCUT2D eigenvalue weighted by Gasteiger charge is -2.39. The Hall–Kier alpha value is -2.24. The third-order valence-electron chi connectivity index (χ3n) is 4.28. The quantitative estimate of drug-likeness (QED) is 0.848. The monoisotopic (exact) mass is 323 g/mol. The zero-order valence-electron chi connectivity index (χ0n) is 12.7. The van der Waals surface area contributed by atoms with Crippen LogP contribution in [0.4, 0.5) is 8.78 Å². The van der Waals surface area contributed by atoms with Gasteiger partial charge in [0.25, 0.3) is 0 Å². The number of halogens is 2. The summed E-state index contributed by atoms with van der Waals surface area (Å²) in [5.41, 5.74) is -0.927. The molecule has 4 nitrogen and oxygen atoms in total. The van der Waals surface area contributed by atoms with Crippen LogP contribution in [0.5, 0.6) is 0 Å². The van der Waals surface area contributed by atoms with Crippen molar-refractivity contribution in [1.82, 2.24) is 4.90 Å². The summed E-state index contributed by atoms with van der Waals surface area (Å²) in [7, 11) is 0. The average Bonchev–Trinajstić information content (AvgIpc) is 2.50. The maximum absolute atomic E-state index is 13.7. The van der Waals surface area contributed by atoms with Gasteiger partial charge in [-0.05, 0) is 30.9 Å². The Balaban J connectivity index is 2.12. The van der Waals surface area contributed by atoms with Crippen LogP contribution in [0.3, 0.4) is 0 Å². The van der Waals surface area contributed by atoms with E-state index in [2.05, 4.69) is 6.58 Å². The number of rotatable bonds is 5. The van der Waals surface area contributed by atoms with Crippen LogP contribution in [0.2, 0.25) is 0 Å². The highest BCUT2D eigenvalue weighted by Gasteiger charge is 2.42. The second kappa shape index (κ2) is 6.89. The van der Waals surface area contributed by atoms with E-state index in [1.54, 1.807) is 6.08 Å². The van der Waals surface area contributed by atoms with Gasteiger partial charge in [0, 0.05) is 19.2 Å². The minimum Gasteiger partial charge on any atom is -0.481 e. The first kappa shape index (κ1) is 17.1. The number of allylic oxidation sites excluding steroid dienone is 1. The molecule has 0 radical (unpaired) electrons. The summed E-state index contributed by atoms with van der Waals surface area (Å²) in [6.45, 7) is 4.11. The van der Waals surface area contributed by atoms with Gasteiger partial charge in [-0.15, -0.1) is 6.58 Å². The summed E-state index contributed by atoms with van der Waals surface area (Å²) in [5, 5.41) is 9.50. The summed E-state index contributed by atoms with van der Waals surface area (Å²) >= 11 is 0.